The summed E-state index contributed by atoms with van der Waals surface area (Å²) >= 11 is 0. The molecular formula is C24H24N8O. The van der Waals surface area contributed by atoms with E-state index in [4.69, 9.17) is 0 Å². The van der Waals surface area contributed by atoms with Gasteiger partial charge in [0.25, 0.3) is 5.91 Å². The Bertz CT molecular complexity index is 1410. The van der Waals surface area contributed by atoms with E-state index in [9.17, 15) is 10.1 Å². The smallest absolute Gasteiger partial charge is 0.257 e. The number of nitrogens with zero attached hydrogens (tertiary/aromatic N) is 6. The summed E-state index contributed by atoms with van der Waals surface area (Å²) in [5.74, 6) is -0.311. The molecule has 0 saturated carbocycles. The number of benzene rings is 1. The van der Waals surface area contributed by atoms with Crippen LogP contribution >= 0.6 is 0 Å². The molecule has 0 bridgehead atoms. The van der Waals surface area contributed by atoms with E-state index < -0.39 is 0 Å². The summed E-state index contributed by atoms with van der Waals surface area (Å²) < 4.78 is 1.75. The SMILES string of the molecule is Cc1cn2cc(NC(=O)c3ccc(N4C[C@H](C)N[C@@H](C)C4)c4nccnc34)cc(C#N)c2n1. The van der Waals surface area contributed by atoms with Crippen LogP contribution in [-0.2, 0) is 0 Å². The number of rotatable bonds is 3. The fourth-order valence-electron chi connectivity index (χ4n) is 4.57. The second-order valence-electron chi connectivity index (χ2n) is 8.58. The molecule has 1 aliphatic rings. The Labute approximate surface area is 191 Å². The monoisotopic (exact) mass is 440 g/mol. The van der Waals surface area contributed by atoms with Crippen molar-refractivity contribution in [3.05, 3.63) is 59.8 Å². The lowest BCUT2D eigenvalue weighted by Crippen LogP contribution is -2.54. The first kappa shape index (κ1) is 20.8. The number of nitrogens with one attached hydrogen (secondary N) is 2. The van der Waals surface area contributed by atoms with Crippen LogP contribution in [0.15, 0.2) is 43.0 Å². The molecule has 0 aliphatic carbocycles. The van der Waals surface area contributed by atoms with Crippen molar-refractivity contribution in [2.75, 3.05) is 23.3 Å². The standard InChI is InChI=1S/C24H24N8O/c1-14-10-31(11-15(2)28-14)20-5-4-19(21-22(20)27-7-6-26-21)24(33)30-18-8-17(9-25)23-29-16(3)12-32(23)13-18/h4-8,12-15,28H,10-11H2,1-3H3,(H,30,33)/t14-,15-/m0/s1. The van der Waals surface area contributed by atoms with Gasteiger partial charge in [-0.1, -0.05) is 0 Å². The summed E-state index contributed by atoms with van der Waals surface area (Å²) in [6.45, 7) is 7.88. The van der Waals surface area contributed by atoms with Crippen LogP contribution in [0.1, 0.15) is 35.5 Å². The summed E-state index contributed by atoms with van der Waals surface area (Å²) in [6.07, 6.45) is 6.81. The first-order valence-corrected chi connectivity index (χ1v) is 10.9. The molecule has 9 heteroatoms. The van der Waals surface area contributed by atoms with Crippen LogP contribution in [0.5, 0.6) is 0 Å². The first-order valence-electron chi connectivity index (χ1n) is 10.9. The zero-order chi connectivity index (χ0) is 23.1. The quantitative estimate of drug-likeness (QED) is 0.504. The Kier molecular flexibility index (Phi) is 5.15. The third kappa shape index (κ3) is 3.85. The Morgan fingerprint density at radius 1 is 1.15 bits per heavy atom. The second-order valence-corrected chi connectivity index (χ2v) is 8.58. The zero-order valence-corrected chi connectivity index (χ0v) is 18.7. The van der Waals surface area contributed by atoms with Crippen molar-refractivity contribution in [1.29, 1.82) is 5.26 Å². The number of carbonyl (C=O) groups is 1. The Hall–Kier alpha value is -4.03. The highest BCUT2D eigenvalue weighted by atomic mass is 16.1. The van der Waals surface area contributed by atoms with Gasteiger partial charge >= 0.3 is 0 Å². The molecule has 1 saturated heterocycles. The molecule has 5 rings (SSSR count). The van der Waals surface area contributed by atoms with Crippen LogP contribution in [0.3, 0.4) is 0 Å². The molecule has 1 aliphatic heterocycles. The number of hydrogen-bond donors (Lipinski definition) is 2. The normalized spacial score (nSPS) is 18.4. The molecule has 2 atom stereocenters. The zero-order valence-electron chi connectivity index (χ0n) is 18.7. The van der Waals surface area contributed by atoms with Crippen molar-refractivity contribution >= 4 is 34.0 Å². The average molecular weight is 441 g/mol. The van der Waals surface area contributed by atoms with Crippen molar-refractivity contribution in [1.82, 2.24) is 24.7 Å². The molecule has 0 unspecified atom stereocenters. The number of piperazine rings is 1. The first-order chi connectivity index (χ1) is 15.9. The Morgan fingerprint density at radius 3 is 2.61 bits per heavy atom. The van der Waals surface area contributed by atoms with Gasteiger partial charge in [0.15, 0.2) is 5.65 Å². The lowest BCUT2D eigenvalue weighted by atomic mass is 10.1. The van der Waals surface area contributed by atoms with Gasteiger partial charge in [0.1, 0.15) is 17.1 Å². The maximum absolute atomic E-state index is 13.3. The number of pyridine rings is 1. The number of anilines is 2. The minimum atomic E-state index is -0.311. The topological polar surface area (TPSA) is 111 Å². The predicted molar refractivity (Wildman–Crippen MR) is 126 cm³/mol. The summed E-state index contributed by atoms with van der Waals surface area (Å²) in [4.78, 5) is 29.0. The van der Waals surface area contributed by atoms with Gasteiger partial charge in [0, 0.05) is 50.0 Å². The molecule has 0 spiro atoms. The molecule has 1 fully saturated rings. The molecule has 166 valence electrons. The van der Waals surface area contributed by atoms with Crippen LogP contribution < -0.4 is 15.5 Å². The lowest BCUT2D eigenvalue weighted by Gasteiger charge is -2.38. The van der Waals surface area contributed by atoms with Crippen LogP contribution in [0.25, 0.3) is 16.7 Å². The summed E-state index contributed by atoms with van der Waals surface area (Å²) in [6, 6.07) is 8.21. The molecule has 3 aromatic heterocycles. The number of imidazole rings is 1. The lowest BCUT2D eigenvalue weighted by molar-refractivity contribution is 0.102. The van der Waals surface area contributed by atoms with E-state index in [-0.39, 0.29) is 5.91 Å². The minimum absolute atomic E-state index is 0.311. The molecular weight excluding hydrogens is 416 g/mol. The Morgan fingerprint density at radius 2 is 1.88 bits per heavy atom. The van der Waals surface area contributed by atoms with E-state index in [2.05, 4.69) is 50.4 Å². The third-order valence-corrected chi connectivity index (χ3v) is 5.80. The average Bonchev–Trinajstić information content (AvgIpc) is 3.17. The molecule has 33 heavy (non-hydrogen) atoms. The van der Waals surface area contributed by atoms with Crippen LogP contribution in [-0.4, -0.2) is 50.4 Å². The molecule has 2 N–H and O–H groups in total. The van der Waals surface area contributed by atoms with E-state index in [0.717, 1.165) is 24.5 Å². The number of nitriles is 1. The van der Waals surface area contributed by atoms with E-state index in [1.807, 2.05) is 19.2 Å². The predicted octanol–water partition coefficient (Wildman–Crippen LogP) is 2.90. The van der Waals surface area contributed by atoms with Crippen molar-refractivity contribution in [3.8, 4) is 6.07 Å². The number of hydrogen-bond acceptors (Lipinski definition) is 7. The van der Waals surface area contributed by atoms with Gasteiger partial charge in [-0.3, -0.25) is 14.8 Å². The summed E-state index contributed by atoms with van der Waals surface area (Å²) in [5.41, 5.74) is 4.90. The fourth-order valence-corrected chi connectivity index (χ4v) is 4.57. The highest BCUT2D eigenvalue weighted by Gasteiger charge is 2.24. The van der Waals surface area contributed by atoms with E-state index >= 15 is 0 Å². The largest absolute Gasteiger partial charge is 0.367 e. The van der Waals surface area contributed by atoms with Gasteiger partial charge < -0.3 is 19.9 Å². The highest BCUT2D eigenvalue weighted by Crippen LogP contribution is 2.29. The molecule has 4 aromatic rings. The molecule has 9 nitrogen and oxygen atoms in total. The van der Waals surface area contributed by atoms with Gasteiger partial charge in [0.2, 0.25) is 0 Å². The third-order valence-electron chi connectivity index (χ3n) is 5.80. The Balaban J connectivity index is 1.51. The van der Waals surface area contributed by atoms with Crippen molar-refractivity contribution in [2.24, 2.45) is 0 Å². The minimum Gasteiger partial charge on any atom is -0.367 e. The van der Waals surface area contributed by atoms with Gasteiger partial charge in [-0.05, 0) is 39.0 Å². The van der Waals surface area contributed by atoms with Gasteiger partial charge in [-0.25, -0.2) is 4.98 Å². The fraction of sp³-hybridized carbons (Fsp3) is 0.292. The maximum Gasteiger partial charge on any atom is 0.257 e. The summed E-state index contributed by atoms with van der Waals surface area (Å²) in [5, 5.41) is 16.0. The van der Waals surface area contributed by atoms with Crippen molar-refractivity contribution in [3.63, 3.8) is 0 Å². The number of fused-ring (bicyclic) bond motifs is 2. The maximum atomic E-state index is 13.3. The van der Waals surface area contributed by atoms with E-state index in [1.54, 1.807) is 35.1 Å². The second kappa shape index (κ2) is 8.15. The molecule has 4 heterocycles. The van der Waals surface area contributed by atoms with Crippen molar-refractivity contribution in [2.45, 2.75) is 32.9 Å². The van der Waals surface area contributed by atoms with Crippen LogP contribution in [0.4, 0.5) is 11.4 Å². The van der Waals surface area contributed by atoms with Gasteiger partial charge in [0.05, 0.1) is 28.2 Å². The van der Waals surface area contributed by atoms with Crippen LogP contribution in [0.2, 0.25) is 0 Å². The van der Waals surface area contributed by atoms with Gasteiger partial charge in [-0.2, -0.15) is 5.26 Å². The van der Waals surface area contributed by atoms with Crippen LogP contribution in [0, 0.1) is 18.3 Å². The number of amides is 1. The molecule has 1 amide bonds. The number of aryl methyl sites for hydroxylation is 1. The molecule has 0 radical (unpaired) electrons. The van der Waals surface area contributed by atoms with E-state index in [1.165, 1.54) is 0 Å². The number of aromatic nitrogens is 4. The highest BCUT2D eigenvalue weighted by molar-refractivity contribution is 6.13. The van der Waals surface area contributed by atoms with E-state index in [0.29, 0.717) is 45.6 Å². The molecule has 1 aromatic carbocycles. The number of carbonyl (C=O) groups excluding carboxylic acids is 1. The van der Waals surface area contributed by atoms with Crippen molar-refractivity contribution < 1.29 is 4.79 Å². The van der Waals surface area contributed by atoms with Gasteiger partial charge in [-0.15, -0.1) is 0 Å². The summed E-state index contributed by atoms with van der Waals surface area (Å²) in [7, 11) is 0.